The van der Waals surface area contributed by atoms with E-state index in [0.717, 1.165) is 17.2 Å². The Morgan fingerprint density at radius 1 is 1.30 bits per heavy atom. The molecule has 0 aliphatic heterocycles. The average molecular weight is 383 g/mol. The predicted molar refractivity (Wildman–Crippen MR) is 98.5 cm³/mol. The molecule has 0 aromatic carbocycles. The van der Waals surface area contributed by atoms with Crippen LogP contribution in [-0.2, 0) is 13.1 Å². The minimum absolute atomic E-state index is 0.143. The molecule has 27 heavy (non-hydrogen) atoms. The first-order chi connectivity index (χ1) is 13.1. The fourth-order valence-corrected chi connectivity index (χ4v) is 3.45. The third kappa shape index (κ3) is 3.51. The Morgan fingerprint density at radius 2 is 2.11 bits per heavy atom. The molecule has 9 nitrogen and oxygen atoms in total. The van der Waals surface area contributed by atoms with Gasteiger partial charge in [0, 0.05) is 25.1 Å². The molecule has 0 unspecified atom stereocenters. The van der Waals surface area contributed by atoms with Gasteiger partial charge in [0.2, 0.25) is 11.7 Å². The van der Waals surface area contributed by atoms with E-state index in [1.807, 2.05) is 49.1 Å². The van der Waals surface area contributed by atoms with Gasteiger partial charge in [-0.3, -0.25) is 9.48 Å². The second-order valence-electron chi connectivity index (χ2n) is 5.78. The fraction of sp³-hybridized carbons (Fsp3) is 0.235. The van der Waals surface area contributed by atoms with Crippen molar-refractivity contribution in [3.63, 3.8) is 0 Å². The maximum atomic E-state index is 12.5. The van der Waals surface area contributed by atoms with Gasteiger partial charge in [-0.05, 0) is 26.0 Å². The summed E-state index contributed by atoms with van der Waals surface area (Å²) in [5, 5.41) is 11.7. The number of hydrogen-bond acceptors (Lipinski definition) is 7. The molecule has 0 aliphatic carbocycles. The van der Waals surface area contributed by atoms with Gasteiger partial charge in [-0.25, -0.2) is 4.98 Å². The summed E-state index contributed by atoms with van der Waals surface area (Å²) in [6, 6.07) is 3.82. The first-order valence-electron chi connectivity index (χ1n) is 8.38. The van der Waals surface area contributed by atoms with E-state index in [4.69, 9.17) is 4.52 Å². The topological polar surface area (TPSA) is 104 Å². The first kappa shape index (κ1) is 17.2. The summed E-state index contributed by atoms with van der Waals surface area (Å²) in [7, 11) is 0. The molecule has 0 spiro atoms. The molecule has 0 radical (unpaired) electrons. The molecular weight excluding hydrogens is 366 g/mol. The minimum Gasteiger partial charge on any atom is -0.342 e. The number of nitrogens with zero attached hydrogens (tertiary/aromatic N) is 6. The highest BCUT2D eigenvalue weighted by molar-refractivity contribution is 7.16. The molecule has 4 aromatic heterocycles. The van der Waals surface area contributed by atoms with Gasteiger partial charge in [0.1, 0.15) is 4.88 Å². The predicted octanol–water partition coefficient (Wildman–Crippen LogP) is 2.44. The summed E-state index contributed by atoms with van der Waals surface area (Å²) < 4.78 is 8.86. The molecule has 4 aromatic rings. The van der Waals surface area contributed by atoms with Crippen molar-refractivity contribution in [1.82, 2.24) is 34.8 Å². The SMILES string of the molecule is CCn1cc(-c2noc(CNC(=O)c3sc(-n4cccc4)nc3C)n2)cn1. The monoisotopic (exact) mass is 383 g/mol. The molecule has 1 amide bonds. The smallest absolute Gasteiger partial charge is 0.263 e. The highest BCUT2D eigenvalue weighted by Gasteiger charge is 2.17. The third-order valence-corrected chi connectivity index (χ3v) is 5.07. The van der Waals surface area contributed by atoms with Crippen LogP contribution in [0.3, 0.4) is 0 Å². The summed E-state index contributed by atoms with van der Waals surface area (Å²) in [5.74, 6) is 0.556. The molecule has 4 rings (SSSR count). The normalized spacial score (nSPS) is 11.0. The lowest BCUT2D eigenvalue weighted by Gasteiger charge is -1.99. The lowest BCUT2D eigenvalue weighted by molar-refractivity contribution is 0.0949. The zero-order chi connectivity index (χ0) is 18.8. The lowest BCUT2D eigenvalue weighted by Crippen LogP contribution is -2.22. The zero-order valence-corrected chi connectivity index (χ0v) is 15.6. The van der Waals surface area contributed by atoms with Crippen LogP contribution in [-0.4, -0.2) is 35.4 Å². The summed E-state index contributed by atoms with van der Waals surface area (Å²) in [6.07, 6.45) is 7.30. The molecule has 10 heteroatoms. The minimum atomic E-state index is -0.220. The largest absolute Gasteiger partial charge is 0.342 e. The Bertz CT molecular complexity index is 1060. The van der Waals surface area contributed by atoms with Gasteiger partial charge in [0.05, 0.1) is 24.0 Å². The maximum absolute atomic E-state index is 12.5. The third-order valence-electron chi connectivity index (χ3n) is 3.90. The number of aromatic nitrogens is 6. The van der Waals surface area contributed by atoms with Gasteiger partial charge in [-0.2, -0.15) is 10.1 Å². The Balaban J connectivity index is 1.42. The Hall–Kier alpha value is -3.27. The number of carbonyl (C=O) groups is 1. The van der Waals surface area contributed by atoms with Crippen molar-refractivity contribution in [1.29, 1.82) is 0 Å². The quantitative estimate of drug-likeness (QED) is 0.548. The van der Waals surface area contributed by atoms with Crippen LogP contribution < -0.4 is 5.32 Å². The average Bonchev–Trinajstić information content (AvgIpc) is 3.45. The standard InChI is InChI=1S/C17H17N7O2S/c1-3-24-10-12(8-19-24)15-21-13(26-22-15)9-18-16(25)14-11(2)20-17(27-14)23-6-4-5-7-23/h4-8,10H,3,9H2,1-2H3,(H,18,25). The van der Waals surface area contributed by atoms with Crippen LogP contribution in [0.4, 0.5) is 0 Å². The lowest BCUT2D eigenvalue weighted by atomic mass is 10.3. The van der Waals surface area contributed by atoms with E-state index in [9.17, 15) is 4.79 Å². The van der Waals surface area contributed by atoms with Crippen molar-refractivity contribution in [2.75, 3.05) is 0 Å². The fourth-order valence-electron chi connectivity index (χ4n) is 2.50. The van der Waals surface area contributed by atoms with E-state index in [-0.39, 0.29) is 12.5 Å². The van der Waals surface area contributed by atoms with Crippen molar-refractivity contribution in [3.05, 3.63) is 53.4 Å². The maximum Gasteiger partial charge on any atom is 0.263 e. The van der Waals surface area contributed by atoms with E-state index in [2.05, 4.69) is 25.5 Å². The molecule has 0 saturated carbocycles. The second kappa shape index (κ2) is 7.16. The highest BCUT2D eigenvalue weighted by atomic mass is 32.1. The molecular formula is C17H17N7O2S. The Kier molecular flexibility index (Phi) is 4.55. The number of nitrogens with one attached hydrogen (secondary N) is 1. The van der Waals surface area contributed by atoms with Crippen molar-refractivity contribution in [2.45, 2.75) is 26.9 Å². The summed E-state index contributed by atoms with van der Waals surface area (Å²) in [4.78, 5) is 21.8. The number of hydrogen-bond donors (Lipinski definition) is 1. The van der Waals surface area contributed by atoms with Gasteiger partial charge in [0.25, 0.3) is 5.91 Å². The van der Waals surface area contributed by atoms with Gasteiger partial charge in [-0.1, -0.05) is 16.5 Å². The second-order valence-corrected chi connectivity index (χ2v) is 6.76. The number of rotatable bonds is 6. The van der Waals surface area contributed by atoms with E-state index in [1.54, 1.807) is 10.9 Å². The van der Waals surface area contributed by atoms with Crippen molar-refractivity contribution in [3.8, 4) is 16.5 Å². The van der Waals surface area contributed by atoms with Gasteiger partial charge >= 0.3 is 0 Å². The molecule has 138 valence electrons. The van der Waals surface area contributed by atoms with Crippen LogP contribution in [0.2, 0.25) is 0 Å². The van der Waals surface area contributed by atoms with E-state index >= 15 is 0 Å². The molecule has 0 saturated heterocycles. The van der Waals surface area contributed by atoms with Crippen molar-refractivity contribution in [2.24, 2.45) is 0 Å². The molecule has 0 bridgehead atoms. The van der Waals surface area contributed by atoms with Crippen LogP contribution in [0.5, 0.6) is 0 Å². The summed E-state index contributed by atoms with van der Waals surface area (Å²) in [5.41, 5.74) is 1.45. The van der Waals surface area contributed by atoms with Crippen LogP contribution in [0.1, 0.15) is 28.2 Å². The summed E-state index contributed by atoms with van der Waals surface area (Å²) >= 11 is 1.33. The van der Waals surface area contributed by atoms with Crippen LogP contribution in [0.15, 0.2) is 41.4 Å². The Labute approximate surface area is 158 Å². The van der Waals surface area contributed by atoms with Crippen LogP contribution in [0.25, 0.3) is 16.5 Å². The van der Waals surface area contributed by atoms with Crippen LogP contribution >= 0.6 is 11.3 Å². The van der Waals surface area contributed by atoms with Gasteiger partial charge in [0.15, 0.2) is 5.13 Å². The highest BCUT2D eigenvalue weighted by Crippen LogP contribution is 2.22. The summed E-state index contributed by atoms with van der Waals surface area (Å²) in [6.45, 7) is 4.72. The number of carbonyl (C=O) groups excluding carboxylic acids is 1. The number of amides is 1. The van der Waals surface area contributed by atoms with Crippen molar-refractivity contribution < 1.29 is 9.32 Å². The van der Waals surface area contributed by atoms with Gasteiger partial charge < -0.3 is 14.4 Å². The first-order valence-corrected chi connectivity index (χ1v) is 9.20. The van der Waals surface area contributed by atoms with Gasteiger partial charge in [-0.15, -0.1) is 0 Å². The van der Waals surface area contributed by atoms with E-state index < -0.39 is 0 Å². The van der Waals surface area contributed by atoms with Crippen molar-refractivity contribution >= 4 is 17.2 Å². The molecule has 0 atom stereocenters. The van der Waals surface area contributed by atoms with Crippen LogP contribution in [0, 0.1) is 6.92 Å². The molecule has 0 fully saturated rings. The Morgan fingerprint density at radius 3 is 2.85 bits per heavy atom. The molecule has 4 heterocycles. The number of thiazole rings is 1. The number of aryl methyl sites for hydroxylation is 2. The van der Waals surface area contributed by atoms with E-state index in [1.165, 1.54) is 11.3 Å². The zero-order valence-electron chi connectivity index (χ0n) is 14.8. The molecule has 1 N–H and O–H groups in total. The molecule has 0 aliphatic rings. The van der Waals surface area contributed by atoms with E-state index in [0.29, 0.717) is 22.3 Å².